The van der Waals surface area contributed by atoms with Gasteiger partial charge in [0.25, 0.3) is 6.43 Å². The number of piperidine rings is 1. The first-order chi connectivity index (χ1) is 18.1. The van der Waals surface area contributed by atoms with Gasteiger partial charge in [-0.15, -0.1) is 0 Å². The van der Waals surface area contributed by atoms with Crippen LogP contribution in [0.2, 0.25) is 0 Å². The Bertz CT molecular complexity index is 1070. The molecule has 0 spiro atoms. The van der Waals surface area contributed by atoms with Gasteiger partial charge in [-0.05, 0) is 97.4 Å². The van der Waals surface area contributed by atoms with Crippen LogP contribution in [0.1, 0.15) is 94.8 Å². The molecule has 4 nitrogen and oxygen atoms in total. The van der Waals surface area contributed by atoms with Crippen LogP contribution in [-0.2, 0) is 11.2 Å². The monoisotopic (exact) mass is 527 g/mol. The van der Waals surface area contributed by atoms with E-state index < -0.39 is 12.4 Å². The fraction of sp³-hybridized carbons (Fsp3) is 0.594. The number of hydrogen-bond acceptors (Lipinski definition) is 3. The lowest BCUT2D eigenvalue weighted by molar-refractivity contribution is -0.137. The Balaban J connectivity index is 1.34. The molecule has 1 unspecified atom stereocenters. The highest BCUT2D eigenvalue weighted by Gasteiger charge is 2.34. The third-order valence-corrected chi connectivity index (χ3v) is 8.05. The van der Waals surface area contributed by atoms with Crippen LogP contribution in [0, 0.1) is 17.3 Å². The number of halogens is 2. The van der Waals surface area contributed by atoms with E-state index in [1.807, 2.05) is 30.3 Å². The first-order valence-electron chi connectivity index (χ1n) is 14.2. The molecule has 2 aromatic rings. The average molecular weight is 528 g/mol. The highest BCUT2D eigenvalue weighted by atomic mass is 19.3. The molecule has 1 aliphatic carbocycles. The Morgan fingerprint density at radius 2 is 1.79 bits per heavy atom. The van der Waals surface area contributed by atoms with Crippen molar-refractivity contribution in [1.82, 2.24) is 0 Å². The Morgan fingerprint density at radius 3 is 2.42 bits per heavy atom. The molecule has 0 radical (unpaired) electrons. The lowest BCUT2D eigenvalue weighted by Crippen LogP contribution is -2.36. The summed E-state index contributed by atoms with van der Waals surface area (Å²) in [7, 11) is 0. The summed E-state index contributed by atoms with van der Waals surface area (Å²) in [5.41, 5.74) is 3.54. The number of benzene rings is 2. The standard InChI is InChI=1S/C32H43F2NO3/c1-32(2,3)15-5-7-24-11-12-26(31(33)34)19-29(24)35-16-13-22(14-17-35)21-38-27-8-4-6-25(18-27)28(20-30(36)37)23-9-10-23/h4,6,8,11-12,18-19,22-23,28,31H,5,7,9-10,13-17,20-21H2,1-3H3,(H,36,37). The molecule has 38 heavy (non-hydrogen) atoms. The van der Waals surface area contributed by atoms with Gasteiger partial charge in [-0.1, -0.05) is 45.0 Å². The third kappa shape index (κ3) is 8.18. The first kappa shape index (κ1) is 28.4. The molecule has 2 fully saturated rings. The third-order valence-electron chi connectivity index (χ3n) is 8.05. The first-order valence-corrected chi connectivity index (χ1v) is 14.2. The van der Waals surface area contributed by atoms with Gasteiger partial charge in [-0.3, -0.25) is 4.79 Å². The predicted molar refractivity (Wildman–Crippen MR) is 148 cm³/mol. The topological polar surface area (TPSA) is 49.8 Å². The summed E-state index contributed by atoms with van der Waals surface area (Å²) in [5, 5.41) is 9.33. The number of anilines is 1. The van der Waals surface area contributed by atoms with Gasteiger partial charge in [0, 0.05) is 24.3 Å². The average Bonchev–Trinajstić information content (AvgIpc) is 3.71. The van der Waals surface area contributed by atoms with Gasteiger partial charge in [-0.2, -0.15) is 0 Å². The van der Waals surface area contributed by atoms with Gasteiger partial charge in [0.2, 0.25) is 0 Å². The number of nitrogens with zero attached hydrogens (tertiary/aromatic N) is 1. The van der Waals surface area contributed by atoms with E-state index in [-0.39, 0.29) is 23.3 Å². The van der Waals surface area contributed by atoms with Crippen LogP contribution >= 0.6 is 0 Å². The van der Waals surface area contributed by atoms with Crippen LogP contribution in [0.3, 0.4) is 0 Å². The molecule has 1 atom stereocenters. The quantitative estimate of drug-likeness (QED) is 0.302. The summed E-state index contributed by atoms with van der Waals surface area (Å²) < 4.78 is 33.2. The maximum atomic E-state index is 13.5. The molecule has 1 aliphatic heterocycles. The minimum Gasteiger partial charge on any atom is -0.493 e. The van der Waals surface area contributed by atoms with E-state index in [0.29, 0.717) is 18.4 Å². The van der Waals surface area contributed by atoms with E-state index >= 15 is 0 Å². The number of ether oxygens (including phenoxy) is 1. The molecule has 0 bridgehead atoms. The molecule has 4 rings (SSSR count). The number of carboxylic acid groups (broad SMARTS) is 1. The van der Waals surface area contributed by atoms with Gasteiger partial charge < -0.3 is 14.7 Å². The highest BCUT2D eigenvalue weighted by Crippen LogP contribution is 2.45. The molecular weight excluding hydrogens is 484 g/mol. The molecule has 1 saturated carbocycles. The van der Waals surface area contributed by atoms with Crippen molar-refractivity contribution >= 4 is 11.7 Å². The molecule has 208 valence electrons. The molecule has 1 heterocycles. The van der Waals surface area contributed by atoms with Crippen molar-refractivity contribution in [2.75, 3.05) is 24.6 Å². The zero-order chi connectivity index (χ0) is 27.3. The number of alkyl halides is 2. The van der Waals surface area contributed by atoms with E-state index in [9.17, 15) is 18.7 Å². The zero-order valence-electron chi connectivity index (χ0n) is 23.1. The number of aliphatic carboxylic acids is 1. The molecular formula is C32H43F2NO3. The number of carbonyl (C=O) groups is 1. The van der Waals surface area contributed by atoms with Gasteiger partial charge in [0.15, 0.2) is 0 Å². The number of rotatable bonds is 12. The van der Waals surface area contributed by atoms with E-state index in [1.165, 1.54) is 0 Å². The second-order valence-corrected chi connectivity index (χ2v) is 12.5. The van der Waals surface area contributed by atoms with E-state index in [2.05, 4.69) is 25.7 Å². The van der Waals surface area contributed by atoms with Crippen LogP contribution in [0.15, 0.2) is 42.5 Å². The zero-order valence-corrected chi connectivity index (χ0v) is 23.1. The lowest BCUT2D eigenvalue weighted by atomic mass is 9.88. The highest BCUT2D eigenvalue weighted by molar-refractivity contribution is 5.68. The van der Waals surface area contributed by atoms with Gasteiger partial charge in [0.1, 0.15) is 5.75 Å². The number of aryl methyl sites for hydroxylation is 1. The smallest absolute Gasteiger partial charge is 0.303 e. The summed E-state index contributed by atoms with van der Waals surface area (Å²) in [6, 6.07) is 13.1. The molecule has 0 amide bonds. The Labute approximate surface area is 226 Å². The SMILES string of the molecule is CC(C)(C)CCCc1ccc(C(F)F)cc1N1CCC(COc2cccc(C(CC(=O)O)C3CC3)c2)CC1. The second kappa shape index (κ2) is 12.5. The van der Waals surface area contributed by atoms with Crippen molar-refractivity contribution in [2.24, 2.45) is 17.3 Å². The molecule has 0 aromatic heterocycles. The van der Waals surface area contributed by atoms with Gasteiger partial charge in [0.05, 0.1) is 13.0 Å². The van der Waals surface area contributed by atoms with Crippen molar-refractivity contribution in [3.8, 4) is 5.75 Å². The fourth-order valence-corrected chi connectivity index (χ4v) is 5.66. The van der Waals surface area contributed by atoms with Crippen LogP contribution in [0.4, 0.5) is 14.5 Å². The van der Waals surface area contributed by atoms with Crippen LogP contribution in [0.25, 0.3) is 0 Å². The van der Waals surface area contributed by atoms with E-state index in [0.717, 1.165) is 80.6 Å². The minimum absolute atomic E-state index is 0.0564. The molecule has 2 aliphatic rings. The molecule has 1 saturated heterocycles. The van der Waals surface area contributed by atoms with Crippen LogP contribution < -0.4 is 9.64 Å². The van der Waals surface area contributed by atoms with Crippen molar-refractivity contribution < 1.29 is 23.4 Å². The van der Waals surface area contributed by atoms with Crippen molar-refractivity contribution in [3.63, 3.8) is 0 Å². The second-order valence-electron chi connectivity index (χ2n) is 12.5. The largest absolute Gasteiger partial charge is 0.493 e. The Morgan fingerprint density at radius 1 is 1.05 bits per heavy atom. The minimum atomic E-state index is -2.46. The summed E-state index contributed by atoms with van der Waals surface area (Å²) in [4.78, 5) is 13.6. The predicted octanol–water partition coefficient (Wildman–Crippen LogP) is 8.26. The normalized spacial score (nSPS) is 17.6. The summed E-state index contributed by atoms with van der Waals surface area (Å²) in [6.07, 6.45) is 4.84. The number of hydrogen-bond donors (Lipinski definition) is 1. The maximum Gasteiger partial charge on any atom is 0.303 e. The lowest BCUT2D eigenvalue weighted by Gasteiger charge is -2.35. The molecule has 6 heteroatoms. The van der Waals surface area contributed by atoms with Gasteiger partial charge >= 0.3 is 5.97 Å². The fourth-order valence-electron chi connectivity index (χ4n) is 5.66. The van der Waals surface area contributed by atoms with E-state index in [1.54, 1.807) is 12.1 Å². The van der Waals surface area contributed by atoms with Crippen LogP contribution in [0.5, 0.6) is 5.75 Å². The van der Waals surface area contributed by atoms with Gasteiger partial charge in [-0.25, -0.2) is 8.78 Å². The van der Waals surface area contributed by atoms with E-state index in [4.69, 9.17) is 4.74 Å². The summed E-state index contributed by atoms with van der Waals surface area (Å²) in [5.74, 6) is 0.965. The maximum absolute atomic E-state index is 13.5. The summed E-state index contributed by atoms with van der Waals surface area (Å²) >= 11 is 0. The van der Waals surface area contributed by atoms with Crippen molar-refractivity contribution in [1.29, 1.82) is 0 Å². The Hall–Kier alpha value is -2.63. The molecule has 1 N–H and O–H groups in total. The number of carboxylic acids is 1. The van der Waals surface area contributed by atoms with Crippen molar-refractivity contribution in [3.05, 3.63) is 59.2 Å². The Kier molecular flexibility index (Phi) is 9.32. The molecule has 2 aromatic carbocycles. The van der Waals surface area contributed by atoms with Crippen molar-refractivity contribution in [2.45, 2.75) is 84.5 Å². The summed E-state index contributed by atoms with van der Waals surface area (Å²) in [6.45, 7) is 8.97. The van der Waals surface area contributed by atoms with Crippen LogP contribution in [-0.4, -0.2) is 30.8 Å².